The highest BCUT2D eigenvalue weighted by Crippen LogP contribution is 2.30. The van der Waals surface area contributed by atoms with Crippen molar-refractivity contribution in [2.75, 3.05) is 0 Å². The first-order chi connectivity index (χ1) is 56.3. The Hall–Kier alpha value is -9.31. The van der Waals surface area contributed by atoms with Crippen LogP contribution in [0.2, 0.25) is 0 Å². The molecule has 3 nitrogen and oxygen atoms in total. The van der Waals surface area contributed by atoms with Crippen LogP contribution in [0.5, 0.6) is 0 Å². The number of imidazole rings is 1. The van der Waals surface area contributed by atoms with E-state index in [0.29, 0.717) is 5.92 Å². The van der Waals surface area contributed by atoms with Gasteiger partial charge in [0.05, 0.1) is 6.33 Å². The van der Waals surface area contributed by atoms with E-state index in [1.807, 2.05) is 6.20 Å². The Bertz CT molecular complexity index is 4600. The molecule has 3 heteroatoms. The quantitative estimate of drug-likeness (QED) is 0.0622. The predicted molar refractivity (Wildman–Crippen MR) is 526 cm³/mol. The van der Waals surface area contributed by atoms with E-state index in [4.69, 9.17) is 0 Å². The molecule has 13 aromatic rings. The summed E-state index contributed by atoms with van der Waals surface area (Å²) < 4.78 is 0. The summed E-state index contributed by atoms with van der Waals surface area (Å²) in [6, 6.07) is 97.5. The Morgan fingerprint density at radius 1 is 0.305 bits per heavy atom. The van der Waals surface area contributed by atoms with Gasteiger partial charge in [-0.05, 0) is 238 Å². The zero-order valence-corrected chi connectivity index (χ0v) is 76.2. The molecule has 118 heavy (non-hydrogen) atoms. The zero-order valence-electron chi connectivity index (χ0n) is 76.2. The highest BCUT2D eigenvalue weighted by Gasteiger charge is 2.14. The number of benzene rings is 11. The van der Waals surface area contributed by atoms with Crippen LogP contribution >= 0.6 is 0 Å². The minimum absolute atomic E-state index is 0. The average Bonchev–Trinajstić information content (AvgIpc) is 1.81. The van der Waals surface area contributed by atoms with Crippen molar-refractivity contribution >= 4 is 32.4 Å². The van der Waals surface area contributed by atoms with Gasteiger partial charge in [-0.2, -0.15) is 0 Å². The molecule has 1 saturated carbocycles. The van der Waals surface area contributed by atoms with Crippen molar-refractivity contribution in [2.45, 2.75) is 255 Å². The molecule has 632 valence electrons. The van der Waals surface area contributed by atoms with E-state index >= 15 is 0 Å². The molecule has 2 aromatic heterocycles. The van der Waals surface area contributed by atoms with E-state index in [1.165, 1.54) is 201 Å². The van der Waals surface area contributed by atoms with Crippen molar-refractivity contribution in [1.82, 2.24) is 15.0 Å². The van der Waals surface area contributed by atoms with E-state index in [1.54, 1.807) is 6.33 Å². The first kappa shape index (κ1) is 99.3. The number of fused-ring (bicyclic) bond motifs is 3. The van der Waals surface area contributed by atoms with Gasteiger partial charge in [0, 0.05) is 29.0 Å². The largest absolute Gasteiger partial charge is 0.361 e. The summed E-state index contributed by atoms with van der Waals surface area (Å²) in [5.41, 5.74) is 19.2. The number of H-pyrrole nitrogens is 2. The topological polar surface area (TPSA) is 44.5 Å². The Morgan fingerprint density at radius 2 is 0.703 bits per heavy atom. The standard InChI is InChI=1S/C17H20.C16H18.C15H18.C14H16.C12H15N.C12H18.C11H16.C10H20.C7H12N2.CH4/c1-14(2)8-9-15-10-12-17(13-11-15)16-6-4-3-5-7-16;1-13(2)12-14-8-10-16(11-9-14)15-6-4-3-5-7-15;1-12(2)7-8-13-9-10-14-5-3-4-6-15(14)11-13;1-11(2)10-13-8-5-7-12-6-3-4-9-14(12)13;1-9(2)7-10-8-13-12-6-4-3-5-11(10)12;1-10(2)4-7-12-8-5-11(3)6-9-12;1-10(2)8-9-11-6-4-3-5-7-11;1-9(2)8-10-6-4-3-5-7-10;1-6(2)3-7-4-8-5-9-7;/h3-7,10-14H,8-9H2,1-2H3;3-11,13H,12H2,1-2H3;3-6,9-12H,7-8H2,1-2H3;3-9,11H,10H2,1-2H3;3-6,8-9,13H,7H2,1-2H3;5-6,8-10H,4,7H2,1-3H3;3-7,10H,8-9H2,1-2H3;9-10H,3-8H2,1-2H3;4-6H,3H2,1-2H3,(H,8,9);1H4. The number of rotatable bonds is 24. The number of aromatic nitrogens is 3. The van der Waals surface area contributed by atoms with Crippen LogP contribution in [0.1, 0.15) is 246 Å². The molecular formula is C115H157N3. The molecule has 2 N–H and O–H groups in total. The molecule has 0 saturated heterocycles. The van der Waals surface area contributed by atoms with E-state index in [9.17, 15) is 0 Å². The summed E-state index contributed by atoms with van der Waals surface area (Å²) in [5, 5.41) is 6.83. The lowest BCUT2D eigenvalue weighted by Crippen LogP contribution is -2.08. The summed E-state index contributed by atoms with van der Waals surface area (Å²) in [4.78, 5) is 10.3. The van der Waals surface area contributed by atoms with Crippen LogP contribution in [0.25, 0.3) is 54.7 Å². The average molecular weight is 1580 g/mol. The minimum Gasteiger partial charge on any atom is -0.361 e. The third-order valence-electron chi connectivity index (χ3n) is 21.1. The van der Waals surface area contributed by atoms with Crippen LogP contribution in [0.15, 0.2) is 292 Å². The summed E-state index contributed by atoms with van der Waals surface area (Å²) in [6.45, 7) is 42.9. The van der Waals surface area contributed by atoms with Crippen molar-refractivity contribution in [3.8, 4) is 22.3 Å². The molecule has 1 aliphatic carbocycles. The highest BCUT2D eigenvalue weighted by atomic mass is 14.9. The molecule has 0 bridgehead atoms. The highest BCUT2D eigenvalue weighted by molar-refractivity contribution is 5.86. The summed E-state index contributed by atoms with van der Waals surface area (Å²) in [6.07, 6.45) is 29.3. The fraction of sp³-hybridized carbons (Fsp3) is 0.417. The second-order valence-corrected chi connectivity index (χ2v) is 36.6. The predicted octanol–water partition coefficient (Wildman–Crippen LogP) is 34.0. The van der Waals surface area contributed by atoms with Crippen molar-refractivity contribution in [3.63, 3.8) is 0 Å². The summed E-state index contributed by atoms with van der Waals surface area (Å²) in [7, 11) is 0. The maximum atomic E-state index is 3.92. The second-order valence-electron chi connectivity index (χ2n) is 36.6. The van der Waals surface area contributed by atoms with Gasteiger partial charge in [0.1, 0.15) is 0 Å². The van der Waals surface area contributed by atoms with Crippen LogP contribution in [0.3, 0.4) is 0 Å². The fourth-order valence-corrected chi connectivity index (χ4v) is 14.6. The van der Waals surface area contributed by atoms with Gasteiger partial charge < -0.3 is 9.97 Å². The first-order valence-electron chi connectivity index (χ1n) is 45.2. The molecule has 14 rings (SSSR count). The number of hydrogen-bond acceptors (Lipinski definition) is 1. The van der Waals surface area contributed by atoms with E-state index in [2.05, 4.69) is 426 Å². The van der Waals surface area contributed by atoms with Gasteiger partial charge in [-0.3, -0.25) is 0 Å². The van der Waals surface area contributed by atoms with Crippen molar-refractivity contribution in [2.24, 2.45) is 59.2 Å². The van der Waals surface area contributed by atoms with Crippen LogP contribution in [0, 0.1) is 66.1 Å². The van der Waals surface area contributed by atoms with Gasteiger partial charge >= 0.3 is 0 Å². The van der Waals surface area contributed by atoms with Crippen LogP contribution in [-0.4, -0.2) is 15.0 Å². The maximum absolute atomic E-state index is 3.92. The van der Waals surface area contributed by atoms with Gasteiger partial charge in [-0.25, -0.2) is 4.98 Å². The minimum atomic E-state index is 0. The molecule has 0 amide bonds. The van der Waals surface area contributed by atoms with E-state index in [-0.39, 0.29) is 7.43 Å². The third kappa shape index (κ3) is 41.9. The smallest absolute Gasteiger partial charge is 0.0921 e. The molecule has 2 heterocycles. The van der Waals surface area contributed by atoms with Crippen LogP contribution < -0.4 is 0 Å². The SMILES string of the molecule is C.CC(C)CC1CCCCC1.CC(C)CCc1ccc(-c2ccccc2)cc1.CC(C)CCc1ccc2ccccc2c1.CC(C)CCc1ccccc1.CC(C)Cc1c[nH]c2ccccc12.CC(C)Cc1ccc(-c2ccccc2)cc1.CC(C)Cc1cccc2ccccc12.CC(C)Cc1cnc[nH]1.Cc1ccc(CCC(C)C)cc1. The maximum Gasteiger partial charge on any atom is 0.0921 e. The number of aromatic amines is 2. The van der Waals surface area contributed by atoms with Gasteiger partial charge in [0.25, 0.3) is 0 Å². The summed E-state index contributed by atoms with van der Waals surface area (Å²) in [5.74, 6) is 8.08. The van der Waals surface area contributed by atoms with Gasteiger partial charge in [0.15, 0.2) is 0 Å². The van der Waals surface area contributed by atoms with Gasteiger partial charge in [-0.15, -0.1) is 0 Å². The Labute approximate surface area is 720 Å². The molecule has 0 atom stereocenters. The number of nitrogens with zero attached hydrogens (tertiary/aromatic N) is 1. The first-order valence-corrected chi connectivity index (χ1v) is 45.2. The Balaban J connectivity index is 0.000000238. The fourth-order valence-electron chi connectivity index (χ4n) is 14.6. The molecule has 0 unspecified atom stereocenters. The van der Waals surface area contributed by atoms with Crippen LogP contribution in [-0.2, 0) is 51.4 Å². The van der Waals surface area contributed by atoms with Gasteiger partial charge in [-0.1, -0.05) is 437 Å². The normalized spacial score (nSPS) is 11.7. The van der Waals surface area contributed by atoms with Crippen molar-refractivity contribution in [3.05, 3.63) is 342 Å². The molecular weight excluding hydrogens is 1420 g/mol. The lowest BCUT2D eigenvalue weighted by atomic mass is 9.84. The number of hydrogen-bond donors (Lipinski definition) is 2. The lowest BCUT2D eigenvalue weighted by Gasteiger charge is -2.22. The van der Waals surface area contributed by atoms with Crippen LogP contribution in [0.4, 0.5) is 0 Å². The van der Waals surface area contributed by atoms with E-state index < -0.39 is 0 Å². The number of para-hydroxylation sites is 1. The molecule has 0 aliphatic heterocycles. The third-order valence-corrected chi connectivity index (χ3v) is 21.1. The number of nitrogens with one attached hydrogen (secondary N) is 2. The Kier molecular flexibility index (Phi) is 47.9. The molecule has 1 fully saturated rings. The molecule has 0 spiro atoms. The van der Waals surface area contributed by atoms with Crippen molar-refractivity contribution < 1.29 is 0 Å². The van der Waals surface area contributed by atoms with Crippen molar-refractivity contribution in [1.29, 1.82) is 0 Å². The van der Waals surface area contributed by atoms with E-state index in [0.717, 1.165) is 72.5 Å². The number of aryl methyl sites for hydroxylation is 5. The molecule has 0 radical (unpaired) electrons. The molecule has 11 aromatic carbocycles. The molecule has 1 aliphatic rings. The van der Waals surface area contributed by atoms with Gasteiger partial charge in [0.2, 0.25) is 0 Å². The monoisotopic (exact) mass is 1580 g/mol. The Morgan fingerprint density at radius 3 is 1.19 bits per heavy atom. The summed E-state index contributed by atoms with van der Waals surface area (Å²) >= 11 is 0. The lowest BCUT2D eigenvalue weighted by molar-refractivity contribution is 0.305. The second kappa shape index (κ2) is 57.0. The zero-order chi connectivity index (χ0) is 84.5.